The molecule has 2 aliphatic carbocycles. The van der Waals surface area contributed by atoms with Crippen molar-refractivity contribution >= 4 is 10.8 Å². The number of nitrogens with one attached hydrogen (secondary N) is 1. The van der Waals surface area contributed by atoms with E-state index in [0.717, 1.165) is 11.7 Å². The van der Waals surface area contributed by atoms with Gasteiger partial charge in [-0.2, -0.15) is 0 Å². The standard InChI is InChI=1S/C13H25NOS/c1-14-13-8-4-5-11(13)9-10-16(15)12-6-2-3-7-12/h11-14H,2-10H2,1H3. The molecule has 1 N–H and O–H groups in total. The van der Waals surface area contributed by atoms with Gasteiger partial charge in [-0.15, -0.1) is 0 Å². The van der Waals surface area contributed by atoms with Crippen LogP contribution in [-0.2, 0) is 10.8 Å². The molecule has 0 aliphatic heterocycles. The predicted molar refractivity (Wildman–Crippen MR) is 70.1 cm³/mol. The number of rotatable bonds is 5. The van der Waals surface area contributed by atoms with E-state index in [0.29, 0.717) is 11.3 Å². The minimum absolute atomic E-state index is 0.536. The van der Waals surface area contributed by atoms with Crippen molar-refractivity contribution in [2.45, 2.75) is 62.7 Å². The molecule has 0 aromatic carbocycles. The van der Waals surface area contributed by atoms with Gasteiger partial charge < -0.3 is 5.32 Å². The Morgan fingerprint density at radius 3 is 2.56 bits per heavy atom. The zero-order valence-corrected chi connectivity index (χ0v) is 11.2. The van der Waals surface area contributed by atoms with Gasteiger partial charge in [-0.1, -0.05) is 19.3 Å². The van der Waals surface area contributed by atoms with Gasteiger partial charge in [0.15, 0.2) is 0 Å². The van der Waals surface area contributed by atoms with Crippen LogP contribution in [-0.4, -0.2) is 28.3 Å². The van der Waals surface area contributed by atoms with Crippen LogP contribution >= 0.6 is 0 Å². The molecule has 94 valence electrons. The highest BCUT2D eigenvalue weighted by Gasteiger charge is 2.27. The minimum Gasteiger partial charge on any atom is -0.317 e. The lowest BCUT2D eigenvalue weighted by Gasteiger charge is -2.19. The van der Waals surface area contributed by atoms with Gasteiger partial charge in [0.2, 0.25) is 0 Å². The predicted octanol–water partition coefficient (Wildman–Crippen LogP) is 2.46. The minimum atomic E-state index is -0.536. The molecule has 0 aromatic rings. The monoisotopic (exact) mass is 243 g/mol. The van der Waals surface area contributed by atoms with Crippen LogP contribution in [0.15, 0.2) is 0 Å². The Morgan fingerprint density at radius 2 is 1.88 bits per heavy atom. The third-order valence-electron chi connectivity index (χ3n) is 4.39. The van der Waals surface area contributed by atoms with E-state index in [9.17, 15) is 4.21 Å². The average Bonchev–Trinajstić information content (AvgIpc) is 2.96. The lowest BCUT2D eigenvalue weighted by Crippen LogP contribution is -2.30. The first-order chi connectivity index (χ1) is 7.81. The number of hydrogen-bond acceptors (Lipinski definition) is 2. The van der Waals surface area contributed by atoms with E-state index < -0.39 is 10.8 Å². The van der Waals surface area contributed by atoms with E-state index in [4.69, 9.17) is 0 Å². The van der Waals surface area contributed by atoms with Crippen molar-refractivity contribution in [3.8, 4) is 0 Å². The molecule has 3 atom stereocenters. The molecule has 16 heavy (non-hydrogen) atoms. The lowest BCUT2D eigenvalue weighted by atomic mass is 10.0. The fraction of sp³-hybridized carbons (Fsp3) is 1.00. The molecule has 2 nitrogen and oxygen atoms in total. The topological polar surface area (TPSA) is 29.1 Å². The fourth-order valence-corrected chi connectivity index (χ4v) is 5.08. The molecule has 2 aliphatic rings. The normalized spacial score (nSPS) is 33.3. The quantitative estimate of drug-likeness (QED) is 0.803. The van der Waals surface area contributed by atoms with Crippen LogP contribution in [0.25, 0.3) is 0 Å². The molecule has 2 saturated carbocycles. The molecule has 3 heteroatoms. The third-order valence-corrected chi connectivity index (χ3v) is 6.25. The van der Waals surface area contributed by atoms with Crippen molar-refractivity contribution < 1.29 is 4.21 Å². The van der Waals surface area contributed by atoms with Crippen molar-refractivity contribution in [2.24, 2.45) is 5.92 Å². The van der Waals surface area contributed by atoms with Crippen molar-refractivity contribution in [3.63, 3.8) is 0 Å². The highest BCUT2D eigenvalue weighted by molar-refractivity contribution is 7.85. The van der Waals surface area contributed by atoms with Gasteiger partial charge >= 0.3 is 0 Å². The maximum absolute atomic E-state index is 12.1. The zero-order chi connectivity index (χ0) is 11.4. The second-order valence-electron chi connectivity index (χ2n) is 5.37. The molecule has 0 saturated heterocycles. The molecule has 0 bridgehead atoms. The van der Waals surface area contributed by atoms with Gasteiger partial charge in [-0.25, -0.2) is 0 Å². The van der Waals surface area contributed by atoms with Crippen LogP contribution in [0.4, 0.5) is 0 Å². The van der Waals surface area contributed by atoms with Crippen LogP contribution < -0.4 is 5.32 Å². The second kappa shape index (κ2) is 6.15. The maximum atomic E-state index is 12.1. The second-order valence-corrected chi connectivity index (χ2v) is 7.20. The Labute approximate surface area is 102 Å². The molecule has 0 spiro atoms. The van der Waals surface area contributed by atoms with Crippen molar-refractivity contribution in [2.75, 3.05) is 12.8 Å². The summed E-state index contributed by atoms with van der Waals surface area (Å²) in [5.74, 6) is 1.74. The van der Waals surface area contributed by atoms with Crippen molar-refractivity contribution in [3.05, 3.63) is 0 Å². The smallest absolute Gasteiger partial charge is 0.0348 e. The highest BCUT2D eigenvalue weighted by atomic mass is 32.2. The van der Waals surface area contributed by atoms with E-state index in [1.807, 2.05) is 0 Å². The molecule has 0 heterocycles. The first-order valence-electron chi connectivity index (χ1n) is 6.85. The Bertz CT molecular complexity index is 238. The molecule has 0 amide bonds. The van der Waals surface area contributed by atoms with Crippen LogP contribution in [0.2, 0.25) is 0 Å². The molecule has 3 unspecified atom stereocenters. The molecule has 0 radical (unpaired) electrons. The lowest BCUT2D eigenvalue weighted by molar-refractivity contribution is 0.415. The van der Waals surface area contributed by atoms with Crippen LogP contribution in [0.1, 0.15) is 51.4 Å². The van der Waals surface area contributed by atoms with E-state index in [2.05, 4.69) is 12.4 Å². The molecule has 2 fully saturated rings. The van der Waals surface area contributed by atoms with Crippen LogP contribution in [0.3, 0.4) is 0 Å². The van der Waals surface area contributed by atoms with E-state index in [1.165, 1.54) is 51.4 Å². The van der Waals surface area contributed by atoms with Gasteiger partial charge in [0.05, 0.1) is 0 Å². The summed E-state index contributed by atoms with van der Waals surface area (Å²) < 4.78 is 12.1. The number of hydrogen-bond donors (Lipinski definition) is 1. The van der Waals surface area contributed by atoms with Gasteiger partial charge in [0.1, 0.15) is 0 Å². The summed E-state index contributed by atoms with van der Waals surface area (Å²) in [4.78, 5) is 0. The van der Waals surface area contributed by atoms with Crippen LogP contribution in [0.5, 0.6) is 0 Å². The maximum Gasteiger partial charge on any atom is 0.0348 e. The summed E-state index contributed by atoms with van der Waals surface area (Å²) >= 11 is 0. The largest absolute Gasteiger partial charge is 0.317 e. The van der Waals surface area contributed by atoms with Gasteiger partial charge in [-0.3, -0.25) is 4.21 Å². The van der Waals surface area contributed by atoms with Gasteiger partial charge in [-0.05, 0) is 45.1 Å². The highest BCUT2D eigenvalue weighted by Crippen LogP contribution is 2.30. The Kier molecular flexibility index (Phi) is 4.83. The average molecular weight is 243 g/mol. The van der Waals surface area contributed by atoms with Crippen molar-refractivity contribution in [1.82, 2.24) is 5.32 Å². The first-order valence-corrected chi connectivity index (χ1v) is 8.24. The van der Waals surface area contributed by atoms with E-state index in [1.54, 1.807) is 0 Å². The van der Waals surface area contributed by atoms with Crippen molar-refractivity contribution in [1.29, 1.82) is 0 Å². The SMILES string of the molecule is CNC1CCCC1CCS(=O)C1CCCC1. The summed E-state index contributed by atoms with van der Waals surface area (Å²) in [6.07, 6.45) is 10.2. The summed E-state index contributed by atoms with van der Waals surface area (Å²) in [6, 6.07) is 0.695. The summed E-state index contributed by atoms with van der Waals surface area (Å²) in [5, 5.41) is 3.94. The molecule has 0 aromatic heterocycles. The molecule has 2 rings (SSSR count). The first kappa shape index (κ1) is 12.6. The van der Waals surface area contributed by atoms with E-state index in [-0.39, 0.29) is 0 Å². The summed E-state index contributed by atoms with van der Waals surface area (Å²) in [6.45, 7) is 0. The summed E-state index contributed by atoms with van der Waals surface area (Å²) in [5.41, 5.74) is 0. The van der Waals surface area contributed by atoms with Gasteiger partial charge in [0, 0.05) is 27.8 Å². The Balaban J connectivity index is 1.71. The van der Waals surface area contributed by atoms with Crippen LogP contribution in [0, 0.1) is 5.92 Å². The molecular formula is C13H25NOS. The Hall–Kier alpha value is 0.110. The molecular weight excluding hydrogens is 218 g/mol. The zero-order valence-electron chi connectivity index (χ0n) is 10.4. The Morgan fingerprint density at radius 1 is 1.12 bits per heavy atom. The summed E-state index contributed by atoms with van der Waals surface area (Å²) in [7, 11) is 1.53. The van der Waals surface area contributed by atoms with E-state index >= 15 is 0 Å². The fourth-order valence-electron chi connectivity index (χ4n) is 3.35. The van der Waals surface area contributed by atoms with Gasteiger partial charge in [0.25, 0.3) is 0 Å². The third kappa shape index (κ3) is 3.07.